The second-order valence-electron chi connectivity index (χ2n) is 1.86. The quantitative estimate of drug-likeness (QED) is 0.477. The van der Waals surface area contributed by atoms with E-state index in [1.54, 1.807) is 0 Å². The number of hydrogen-bond acceptors (Lipinski definition) is 1. The topological polar surface area (TPSA) is 20.2 Å². The molecule has 0 rings (SSSR count). The van der Waals surface area contributed by atoms with Crippen LogP contribution in [0, 0.1) is 18.3 Å². The molecule has 0 amide bonds. The van der Waals surface area contributed by atoms with Crippen LogP contribution in [0.25, 0.3) is 0 Å². The summed E-state index contributed by atoms with van der Waals surface area (Å²) in [5, 5.41) is 8.70. The molecule has 0 bridgehead atoms. The standard InChI is InChI=1S/C6H10O/c1-4-6(7)5(2)3/h1,5-7H,2-3H3. The molecule has 1 unspecified atom stereocenters. The lowest BCUT2D eigenvalue weighted by atomic mass is 10.1. The molecule has 1 atom stereocenters. The van der Waals surface area contributed by atoms with Gasteiger partial charge in [-0.1, -0.05) is 19.8 Å². The van der Waals surface area contributed by atoms with Crippen LogP contribution in [0.5, 0.6) is 0 Å². The first-order chi connectivity index (χ1) is 3.18. The number of hydrogen-bond donors (Lipinski definition) is 1. The highest BCUT2D eigenvalue weighted by molar-refractivity contribution is 4.94. The SMILES string of the molecule is C#CC(O)C(C)C. The zero-order chi connectivity index (χ0) is 5.86. The largest absolute Gasteiger partial charge is 0.380 e. The minimum absolute atomic E-state index is 0.185. The van der Waals surface area contributed by atoms with E-state index in [0.29, 0.717) is 0 Å². The Morgan fingerprint density at radius 2 is 2.00 bits per heavy atom. The van der Waals surface area contributed by atoms with Crippen molar-refractivity contribution in [2.24, 2.45) is 5.92 Å². The highest BCUT2D eigenvalue weighted by Gasteiger charge is 2.01. The summed E-state index contributed by atoms with van der Waals surface area (Å²) >= 11 is 0. The average Bonchev–Trinajstić information content (AvgIpc) is 1.65. The van der Waals surface area contributed by atoms with Crippen LogP contribution in [0.1, 0.15) is 13.8 Å². The lowest BCUT2D eigenvalue weighted by molar-refractivity contribution is 0.181. The van der Waals surface area contributed by atoms with Crippen LogP contribution in [-0.2, 0) is 0 Å². The molecule has 0 aliphatic rings. The monoisotopic (exact) mass is 98.1 g/mol. The summed E-state index contributed by atoms with van der Waals surface area (Å²) in [6.07, 6.45) is 4.30. The zero-order valence-corrected chi connectivity index (χ0v) is 4.68. The van der Waals surface area contributed by atoms with Gasteiger partial charge in [-0.15, -0.1) is 6.42 Å². The van der Waals surface area contributed by atoms with E-state index >= 15 is 0 Å². The van der Waals surface area contributed by atoms with Crippen LogP contribution in [-0.4, -0.2) is 11.2 Å². The summed E-state index contributed by atoms with van der Waals surface area (Å²) in [7, 11) is 0. The average molecular weight is 98.1 g/mol. The van der Waals surface area contributed by atoms with E-state index in [0.717, 1.165) is 0 Å². The van der Waals surface area contributed by atoms with Crippen molar-refractivity contribution in [3.63, 3.8) is 0 Å². The van der Waals surface area contributed by atoms with E-state index in [2.05, 4.69) is 5.92 Å². The molecule has 0 fully saturated rings. The molecular weight excluding hydrogens is 88.1 g/mol. The van der Waals surface area contributed by atoms with Crippen LogP contribution in [0.3, 0.4) is 0 Å². The molecule has 0 aromatic heterocycles. The Bertz CT molecular complexity index is 78.7. The molecular formula is C6H10O. The summed E-state index contributed by atoms with van der Waals surface area (Å²) in [4.78, 5) is 0. The molecule has 0 heterocycles. The number of aliphatic hydroxyl groups excluding tert-OH is 1. The van der Waals surface area contributed by atoms with Gasteiger partial charge in [0.05, 0.1) is 0 Å². The molecule has 0 saturated heterocycles. The molecule has 0 aromatic rings. The normalized spacial score (nSPS) is 13.6. The fourth-order valence-corrected chi connectivity index (χ4v) is 0.192. The Labute approximate surface area is 44.4 Å². The highest BCUT2D eigenvalue weighted by Crippen LogP contribution is 1.96. The van der Waals surface area contributed by atoms with Gasteiger partial charge in [-0.3, -0.25) is 0 Å². The van der Waals surface area contributed by atoms with E-state index < -0.39 is 6.10 Å². The molecule has 7 heavy (non-hydrogen) atoms. The van der Waals surface area contributed by atoms with Crippen LogP contribution in [0.15, 0.2) is 0 Å². The van der Waals surface area contributed by atoms with Gasteiger partial charge in [0.2, 0.25) is 0 Å². The summed E-state index contributed by atoms with van der Waals surface area (Å²) < 4.78 is 0. The van der Waals surface area contributed by atoms with Gasteiger partial charge in [-0.05, 0) is 5.92 Å². The Hall–Kier alpha value is -0.480. The van der Waals surface area contributed by atoms with Gasteiger partial charge < -0.3 is 5.11 Å². The summed E-state index contributed by atoms with van der Waals surface area (Å²) in [5.41, 5.74) is 0. The van der Waals surface area contributed by atoms with Gasteiger partial charge in [0.15, 0.2) is 0 Å². The highest BCUT2D eigenvalue weighted by atomic mass is 16.3. The third-order valence-corrected chi connectivity index (χ3v) is 0.802. The van der Waals surface area contributed by atoms with Gasteiger partial charge in [0.25, 0.3) is 0 Å². The smallest absolute Gasteiger partial charge is 0.116 e. The van der Waals surface area contributed by atoms with E-state index in [4.69, 9.17) is 11.5 Å². The molecule has 1 nitrogen and oxygen atoms in total. The van der Waals surface area contributed by atoms with Gasteiger partial charge in [0.1, 0.15) is 6.10 Å². The minimum Gasteiger partial charge on any atom is -0.380 e. The Kier molecular flexibility index (Phi) is 2.47. The first-order valence-electron chi connectivity index (χ1n) is 2.32. The van der Waals surface area contributed by atoms with Gasteiger partial charge in [-0.25, -0.2) is 0 Å². The maximum Gasteiger partial charge on any atom is 0.116 e. The molecule has 0 radical (unpaired) electrons. The first kappa shape index (κ1) is 6.52. The summed E-state index contributed by atoms with van der Waals surface area (Å²) in [6.45, 7) is 3.76. The van der Waals surface area contributed by atoms with Crippen molar-refractivity contribution in [1.29, 1.82) is 0 Å². The molecule has 0 aliphatic carbocycles. The van der Waals surface area contributed by atoms with Crippen molar-refractivity contribution in [3.05, 3.63) is 0 Å². The number of rotatable bonds is 1. The van der Waals surface area contributed by atoms with Crippen molar-refractivity contribution >= 4 is 0 Å². The lowest BCUT2D eigenvalue weighted by Crippen LogP contribution is -2.10. The van der Waals surface area contributed by atoms with Gasteiger partial charge >= 0.3 is 0 Å². The lowest BCUT2D eigenvalue weighted by Gasteiger charge is -2.03. The van der Waals surface area contributed by atoms with E-state index in [-0.39, 0.29) is 5.92 Å². The third-order valence-electron chi connectivity index (χ3n) is 0.802. The maximum absolute atomic E-state index is 8.70. The maximum atomic E-state index is 8.70. The number of terminal acetylenes is 1. The van der Waals surface area contributed by atoms with Crippen molar-refractivity contribution in [2.45, 2.75) is 20.0 Å². The van der Waals surface area contributed by atoms with Gasteiger partial charge in [-0.2, -0.15) is 0 Å². The fraction of sp³-hybridized carbons (Fsp3) is 0.667. The number of aliphatic hydroxyl groups is 1. The summed E-state index contributed by atoms with van der Waals surface area (Å²) in [6, 6.07) is 0. The van der Waals surface area contributed by atoms with Crippen molar-refractivity contribution < 1.29 is 5.11 Å². The first-order valence-corrected chi connectivity index (χ1v) is 2.32. The Morgan fingerprint density at radius 3 is 2.00 bits per heavy atom. The van der Waals surface area contributed by atoms with Crippen molar-refractivity contribution in [1.82, 2.24) is 0 Å². The Balaban J connectivity index is 3.40. The van der Waals surface area contributed by atoms with Gasteiger partial charge in [0, 0.05) is 0 Å². The zero-order valence-electron chi connectivity index (χ0n) is 4.68. The second kappa shape index (κ2) is 2.65. The molecule has 1 heteroatoms. The fourth-order valence-electron chi connectivity index (χ4n) is 0.192. The molecule has 1 N–H and O–H groups in total. The molecule has 40 valence electrons. The molecule has 0 spiro atoms. The third kappa shape index (κ3) is 2.24. The van der Waals surface area contributed by atoms with E-state index in [1.165, 1.54) is 0 Å². The Morgan fingerprint density at radius 1 is 1.57 bits per heavy atom. The molecule has 0 aliphatic heterocycles. The molecule has 0 saturated carbocycles. The summed E-state index contributed by atoms with van der Waals surface area (Å²) in [5.74, 6) is 2.41. The minimum atomic E-state index is -0.569. The van der Waals surface area contributed by atoms with Crippen LogP contribution in [0.4, 0.5) is 0 Å². The van der Waals surface area contributed by atoms with Crippen molar-refractivity contribution in [3.8, 4) is 12.3 Å². The predicted molar refractivity (Wildman–Crippen MR) is 29.7 cm³/mol. The van der Waals surface area contributed by atoms with E-state index in [9.17, 15) is 0 Å². The second-order valence-corrected chi connectivity index (χ2v) is 1.86. The van der Waals surface area contributed by atoms with Crippen LogP contribution < -0.4 is 0 Å². The molecule has 0 aromatic carbocycles. The van der Waals surface area contributed by atoms with Crippen molar-refractivity contribution in [2.75, 3.05) is 0 Å². The van der Waals surface area contributed by atoms with E-state index in [1.807, 2.05) is 13.8 Å². The van der Waals surface area contributed by atoms with Crippen LogP contribution in [0.2, 0.25) is 0 Å². The van der Waals surface area contributed by atoms with Crippen LogP contribution >= 0.6 is 0 Å². The predicted octanol–water partition coefficient (Wildman–Crippen LogP) is 0.637.